The van der Waals surface area contributed by atoms with E-state index in [1.165, 1.54) is 6.07 Å². The molecule has 0 aliphatic carbocycles. The summed E-state index contributed by atoms with van der Waals surface area (Å²) in [6, 6.07) is 10.9. The fourth-order valence-electron chi connectivity index (χ4n) is 3.39. The van der Waals surface area contributed by atoms with Gasteiger partial charge in [-0.05, 0) is 43.7 Å². The number of hydrogen-bond donors (Lipinski definition) is 1. The van der Waals surface area contributed by atoms with Crippen molar-refractivity contribution in [2.75, 3.05) is 44.2 Å². The molecule has 0 radical (unpaired) electrons. The molecule has 0 bridgehead atoms. The van der Waals surface area contributed by atoms with Crippen LogP contribution in [0.1, 0.15) is 19.4 Å². The number of nitrogens with one attached hydrogen (secondary N) is 1. The number of aliphatic imine (C=N–C) groups is 1. The van der Waals surface area contributed by atoms with Crippen molar-refractivity contribution in [1.29, 1.82) is 0 Å². The van der Waals surface area contributed by atoms with Gasteiger partial charge in [0.25, 0.3) is 0 Å². The Labute approximate surface area is 204 Å². The fraction of sp³-hybridized carbons (Fsp3) is 0.455. The number of halogens is 3. The summed E-state index contributed by atoms with van der Waals surface area (Å²) in [5.41, 5.74) is 0.854. The Bertz CT molecular complexity index is 849. The number of anilines is 1. The van der Waals surface area contributed by atoms with Crippen LogP contribution in [0.2, 0.25) is 0 Å². The lowest BCUT2D eigenvalue weighted by atomic mass is 10.2. The second-order valence-electron chi connectivity index (χ2n) is 6.92. The molecule has 32 heavy (non-hydrogen) atoms. The van der Waals surface area contributed by atoms with Crippen LogP contribution >= 0.6 is 24.0 Å². The molecule has 2 aromatic rings. The molecule has 1 aliphatic rings. The Morgan fingerprint density at radius 2 is 1.91 bits per heavy atom. The van der Waals surface area contributed by atoms with Crippen LogP contribution in [0.3, 0.4) is 0 Å². The van der Waals surface area contributed by atoms with E-state index in [4.69, 9.17) is 9.73 Å². The van der Waals surface area contributed by atoms with Gasteiger partial charge in [-0.25, -0.2) is 9.98 Å². The maximum atomic E-state index is 12.6. The molecule has 1 saturated heterocycles. The van der Waals surface area contributed by atoms with Gasteiger partial charge in [0.2, 0.25) is 0 Å². The quantitative estimate of drug-likeness (QED) is 0.299. The second kappa shape index (κ2) is 13.2. The van der Waals surface area contributed by atoms with Gasteiger partial charge in [0.15, 0.2) is 17.5 Å². The van der Waals surface area contributed by atoms with Gasteiger partial charge in [0.1, 0.15) is 5.82 Å². The summed E-state index contributed by atoms with van der Waals surface area (Å²) in [6.07, 6.45) is 1.81. The summed E-state index contributed by atoms with van der Waals surface area (Å²) >= 11 is 0. The van der Waals surface area contributed by atoms with Gasteiger partial charge in [-0.3, -0.25) is 0 Å². The standard InChI is InChI=1S/C22H29F2N5O2.HI/c1-3-25-22(29-13-11-28(12-14-29)20-7-5-6-10-26-20)27-16-17-8-9-18(31-21(23)24)19(15-17)30-4-2;/h5-10,15,21H,3-4,11-14,16H2,1-2H3,(H,25,27);1H. The molecule has 0 spiro atoms. The van der Waals surface area contributed by atoms with Crippen molar-refractivity contribution in [1.82, 2.24) is 15.2 Å². The first kappa shape index (κ1) is 25.9. The zero-order valence-electron chi connectivity index (χ0n) is 18.3. The van der Waals surface area contributed by atoms with Crippen LogP contribution in [0.15, 0.2) is 47.6 Å². The third-order valence-electron chi connectivity index (χ3n) is 4.82. The molecule has 3 rings (SSSR count). The van der Waals surface area contributed by atoms with E-state index in [0.717, 1.165) is 50.1 Å². The minimum atomic E-state index is -2.90. The van der Waals surface area contributed by atoms with Crippen LogP contribution in [-0.4, -0.2) is 61.8 Å². The van der Waals surface area contributed by atoms with Gasteiger partial charge >= 0.3 is 6.61 Å². The molecule has 1 fully saturated rings. The Morgan fingerprint density at radius 1 is 1.12 bits per heavy atom. The Balaban J connectivity index is 0.00000363. The van der Waals surface area contributed by atoms with Gasteiger partial charge in [-0.15, -0.1) is 24.0 Å². The molecule has 0 amide bonds. The smallest absolute Gasteiger partial charge is 0.387 e. The number of hydrogen-bond acceptors (Lipinski definition) is 5. The normalized spacial score (nSPS) is 14.2. The highest BCUT2D eigenvalue weighted by molar-refractivity contribution is 14.0. The monoisotopic (exact) mass is 561 g/mol. The maximum absolute atomic E-state index is 12.6. The number of pyridine rings is 1. The number of piperazine rings is 1. The number of benzene rings is 1. The van der Waals surface area contributed by atoms with E-state index in [9.17, 15) is 8.78 Å². The second-order valence-corrected chi connectivity index (χ2v) is 6.92. The Kier molecular flexibility index (Phi) is 10.7. The van der Waals surface area contributed by atoms with E-state index >= 15 is 0 Å². The molecule has 10 heteroatoms. The van der Waals surface area contributed by atoms with Gasteiger partial charge in [-0.1, -0.05) is 12.1 Å². The zero-order valence-corrected chi connectivity index (χ0v) is 20.7. The first-order chi connectivity index (χ1) is 15.1. The summed E-state index contributed by atoms with van der Waals surface area (Å²) in [5.74, 6) is 2.14. The molecular weight excluding hydrogens is 531 g/mol. The number of nitrogens with zero attached hydrogens (tertiary/aromatic N) is 4. The van der Waals surface area contributed by atoms with Crippen molar-refractivity contribution in [2.45, 2.75) is 27.0 Å². The van der Waals surface area contributed by atoms with Gasteiger partial charge in [0, 0.05) is 38.9 Å². The molecule has 0 unspecified atom stereocenters. The summed E-state index contributed by atoms with van der Waals surface area (Å²) < 4.78 is 35.2. The number of rotatable bonds is 8. The Morgan fingerprint density at radius 3 is 2.53 bits per heavy atom. The average molecular weight is 561 g/mol. The van der Waals surface area contributed by atoms with Crippen LogP contribution in [0.5, 0.6) is 11.5 Å². The first-order valence-corrected chi connectivity index (χ1v) is 10.5. The predicted molar refractivity (Wildman–Crippen MR) is 132 cm³/mol. The fourth-order valence-corrected chi connectivity index (χ4v) is 3.39. The van der Waals surface area contributed by atoms with E-state index in [2.05, 4.69) is 24.8 Å². The van der Waals surface area contributed by atoms with Gasteiger partial charge in [0.05, 0.1) is 13.2 Å². The first-order valence-electron chi connectivity index (χ1n) is 10.5. The zero-order chi connectivity index (χ0) is 22.1. The average Bonchev–Trinajstić information content (AvgIpc) is 2.79. The largest absolute Gasteiger partial charge is 0.490 e. The van der Waals surface area contributed by atoms with Crippen molar-refractivity contribution >= 4 is 35.8 Å². The molecule has 176 valence electrons. The van der Waals surface area contributed by atoms with E-state index in [1.807, 2.05) is 25.1 Å². The van der Waals surface area contributed by atoms with Crippen LogP contribution in [0.25, 0.3) is 0 Å². The minimum absolute atomic E-state index is 0. The number of guanidine groups is 1. The highest BCUT2D eigenvalue weighted by Crippen LogP contribution is 2.30. The van der Waals surface area contributed by atoms with E-state index in [1.54, 1.807) is 25.3 Å². The third kappa shape index (κ3) is 7.35. The summed E-state index contributed by atoms with van der Waals surface area (Å²) in [4.78, 5) is 13.7. The number of alkyl halides is 2. The minimum Gasteiger partial charge on any atom is -0.490 e. The third-order valence-corrected chi connectivity index (χ3v) is 4.82. The SMILES string of the molecule is CCNC(=NCc1ccc(OC(F)F)c(OCC)c1)N1CCN(c2ccccn2)CC1.I. The van der Waals surface area contributed by atoms with Crippen molar-refractivity contribution in [3.8, 4) is 11.5 Å². The van der Waals surface area contributed by atoms with Crippen LogP contribution in [0.4, 0.5) is 14.6 Å². The topological polar surface area (TPSA) is 62.2 Å². The molecule has 1 N–H and O–H groups in total. The molecule has 0 saturated carbocycles. The summed E-state index contributed by atoms with van der Waals surface area (Å²) in [6.45, 7) is 5.81. The van der Waals surface area contributed by atoms with Crippen molar-refractivity contribution in [2.24, 2.45) is 4.99 Å². The number of ether oxygens (including phenoxy) is 2. The predicted octanol–water partition coefficient (Wildman–Crippen LogP) is 3.99. The number of aromatic nitrogens is 1. The van der Waals surface area contributed by atoms with Gasteiger partial charge in [-0.2, -0.15) is 8.78 Å². The lowest BCUT2D eigenvalue weighted by Gasteiger charge is -2.37. The molecule has 1 aliphatic heterocycles. The Hall–Kier alpha value is -2.37. The lowest BCUT2D eigenvalue weighted by molar-refractivity contribution is -0.0514. The molecule has 0 atom stereocenters. The van der Waals surface area contributed by atoms with E-state index in [0.29, 0.717) is 18.9 Å². The molecule has 2 heterocycles. The highest BCUT2D eigenvalue weighted by Gasteiger charge is 2.20. The molecular formula is C22H30F2IN5O2. The van der Waals surface area contributed by atoms with Crippen LogP contribution < -0.4 is 19.7 Å². The van der Waals surface area contributed by atoms with Crippen molar-refractivity contribution in [3.63, 3.8) is 0 Å². The highest BCUT2D eigenvalue weighted by atomic mass is 127. The van der Waals surface area contributed by atoms with Crippen LogP contribution in [-0.2, 0) is 6.54 Å². The molecule has 1 aromatic heterocycles. The molecule has 7 nitrogen and oxygen atoms in total. The summed E-state index contributed by atoms with van der Waals surface area (Å²) in [5, 5.41) is 3.34. The van der Waals surface area contributed by atoms with E-state index in [-0.39, 0.29) is 29.7 Å². The maximum Gasteiger partial charge on any atom is 0.387 e. The van der Waals surface area contributed by atoms with Gasteiger partial charge < -0.3 is 24.6 Å². The van der Waals surface area contributed by atoms with Crippen molar-refractivity contribution in [3.05, 3.63) is 48.2 Å². The molecule has 1 aromatic carbocycles. The van der Waals surface area contributed by atoms with Crippen molar-refractivity contribution < 1.29 is 18.3 Å². The lowest BCUT2D eigenvalue weighted by Crippen LogP contribution is -2.52. The summed E-state index contributed by atoms with van der Waals surface area (Å²) in [7, 11) is 0. The van der Waals surface area contributed by atoms with Crippen LogP contribution in [0, 0.1) is 0 Å². The van der Waals surface area contributed by atoms with E-state index < -0.39 is 6.61 Å².